The average Bonchev–Trinajstić information content (AvgIpc) is 2.58. The Morgan fingerprint density at radius 2 is 1.67 bits per heavy atom. The third-order valence-electron chi connectivity index (χ3n) is 4.28. The standard InChI is InChI=1S/C17H18ClFN2O2S/c18-17-4-2-1-3-14(17)13-20-9-11-21(12-10-20)24(22,23)16-7-5-15(19)6-8-16/h1-8H,9-13H2/p+1. The first-order valence-corrected chi connectivity index (χ1v) is 9.61. The molecule has 0 radical (unpaired) electrons. The molecule has 2 aromatic rings. The number of sulfonamides is 1. The van der Waals surface area contributed by atoms with Crippen molar-refractivity contribution in [3.8, 4) is 0 Å². The molecule has 0 saturated carbocycles. The van der Waals surface area contributed by atoms with Crippen molar-refractivity contribution in [2.45, 2.75) is 11.4 Å². The predicted molar refractivity (Wildman–Crippen MR) is 91.0 cm³/mol. The minimum atomic E-state index is -3.56. The summed E-state index contributed by atoms with van der Waals surface area (Å²) in [6.07, 6.45) is 0. The third-order valence-corrected chi connectivity index (χ3v) is 6.56. The van der Waals surface area contributed by atoms with Crippen LogP contribution in [0.25, 0.3) is 0 Å². The Hall–Kier alpha value is -1.47. The van der Waals surface area contributed by atoms with Gasteiger partial charge >= 0.3 is 0 Å². The number of hydrogen-bond donors (Lipinski definition) is 1. The summed E-state index contributed by atoms with van der Waals surface area (Å²) in [4.78, 5) is 1.44. The maximum absolute atomic E-state index is 13.0. The van der Waals surface area contributed by atoms with E-state index in [1.54, 1.807) is 0 Å². The molecule has 3 rings (SSSR count). The van der Waals surface area contributed by atoms with Crippen molar-refractivity contribution in [3.63, 3.8) is 0 Å². The van der Waals surface area contributed by atoms with Gasteiger partial charge in [-0.15, -0.1) is 0 Å². The lowest BCUT2D eigenvalue weighted by molar-refractivity contribution is -0.917. The predicted octanol–water partition coefficient (Wildman–Crippen LogP) is 1.57. The van der Waals surface area contributed by atoms with Gasteiger partial charge in [0.1, 0.15) is 12.4 Å². The molecule has 2 aromatic carbocycles. The Bertz CT molecular complexity index is 804. The lowest BCUT2D eigenvalue weighted by Crippen LogP contribution is -3.13. The molecule has 1 aliphatic heterocycles. The lowest BCUT2D eigenvalue weighted by atomic mass is 10.2. The molecule has 0 aromatic heterocycles. The molecule has 4 nitrogen and oxygen atoms in total. The SMILES string of the molecule is O=S(=O)(c1ccc(F)cc1)N1CC[NH+](Cc2ccccc2Cl)CC1. The first-order valence-electron chi connectivity index (χ1n) is 7.79. The largest absolute Gasteiger partial charge is 0.329 e. The van der Waals surface area contributed by atoms with Gasteiger partial charge in [-0.3, -0.25) is 0 Å². The fourth-order valence-electron chi connectivity index (χ4n) is 2.89. The number of halogens is 2. The Kier molecular flexibility index (Phi) is 5.20. The third kappa shape index (κ3) is 3.78. The van der Waals surface area contributed by atoms with Crippen LogP contribution >= 0.6 is 11.6 Å². The normalized spacial score (nSPS) is 17.1. The van der Waals surface area contributed by atoms with E-state index in [1.165, 1.54) is 33.5 Å². The molecule has 0 amide bonds. The molecule has 0 atom stereocenters. The van der Waals surface area contributed by atoms with Crippen LogP contribution in [0, 0.1) is 5.82 Å². The molecule has 0 spiro atoms. The highest BCUT2D eigenvalue weighted by Crippen LogP contribution is 2.17. The lowest BCUT2D eigenvalue weighted by Gasteiger charge is -2.31. The molecule has 1 aliphatic rings. The van der Waals surface area contributed by atoms with Gasteiger partial charge in [0.15, 0.2) is 0 Å². The molecule has 0 unspecified atom stereocenters. The van der Waals surface area contributed by atoms with Gasteiger partial charge in [-0.25, -0.2) is 12.8 Å². The zero-order chi connectivity index (χ0) is 17.2. The molecule has 7 heteroatoms. The molecule has 24 heavy (non-hydrogen) atoms. The molecule has 1 N–H and O–H groups in total. The van der Waals surface area contributed by atoms with Gasteiger partial charge < -0.3 is 4.90 Å². The summed E-state index contributed by atoms with van der Waals surface area (Å²) in [6, 6.07) is 12.7. The van der Waals surface area contributed by atoms with Gasteiger partial charge in [0.2, 0.25) is 10.0 Å². The summed E-state index contributed by atoms with van der Waals surface area (Å²) in [5, 5.41) is 0.742. The highest BCUT2D eigenvalue weighted by Gasteiger charge is 2.30. The number of rotatable bonds is 4. The van der Waals surface area contributed by atoms with Crippen molar-refractivity contribution in [3.05, 3.63) is 64.9 Å². The Balaban J connectivity index is 1.64. The van der Waals surface area contributed by atoms with E-state index in [-0.39, 0.29) is 4.90 Å². The molecular weight excluding hydrogens is 351 g/mol. The van der Waals surface area contributed by atoms with Crippen molar-refractivity contribution >= 4 is 21.6 Å². The highest BCUT2D eigenvalue weighted by molar-refractivity contribution is 7.89. The topological polar surface area (TPSA) is 41.8 Å². The number of nitrogens with one attached hydrogen (secondary N) is 1. The number of nitrogens with zero attached hydrogens (tertiary/aromatic N) is 1. The number of benzene rings is 2. The molecule has 0 bridgehead atoms. The molecule has 128 valence electrons. The fourth-order valence-corrected chi connectivity index (χ4v) is 4.53. The van der Waals surface area contributed by atoms with E-state index in [2.05, 4.69) is 0 Å². The first kappa shape index (κ1) is 17.4. The smallest absolute Gasteiger partial charge is 0.243 e. The summed E-state index contributed by atoms with van der Waals surface area (Å²) in [5.74, 6) is -0.442. The van der Waals surface area contributed by atoms with E-state index in [9.17, 15) is 12.8 Å². The van der Waals surface area contributed by atoms with Gasteiger partial charge in [0.25, 0.3) is 0 Å². The minimum Gasteiger partial charge on any atom is -0.329 e. The van der Waals surface area contributed by atoms with Gasteiger partial charge in [-0.2, -0.15) is 4.31 Å². The second kappa shape index (κ2) is 7.19. The summed E-state index contributed by atoms with van der Waals surface area (Å²) >= 11 is 6.19. The summed E-state index contributed by atoms with van der Waals surface area (Å²) < 4.78 is 39.6. The van der Waals surface area contributed by atoms with Crippen LogP contribution in [-0.4, -0.2) is 38.9 Å². The summed E-state index contributed by atoms with van der Waals surface area (Å²) in [6.45, 7) is 3.10. The zero-order valence-electron chi connectivity index (χ0n) is 13.1. The Morgan fingerprint density at radius 3 is 2.29 bits per heavy atom. The molecule has 0 aliphatic carbocycles. The Morgan fingerprint density at radius 1 is 1.04 bits per heavy atom. The van der Waals surface area contributed by atoms with Crippen molar-refractivity contribution < 1.29 is 17.7 Å². The molecule has 1 heterocycles. The number of quaternary nitrogens is 1. The maximum Gasteiger partial charge on any atom is 0.243 e. The summed E-state index contributed by atoms with van der Waals surface area (Å²) in [7, 11) is -3.56. The van der Waals surface area contributed by atoms with Crippen molar-refractivity contribution in [1.29, 1.82) is 0 Å². The van der Waals surface area contributed by atoms with Gasteiger partial charge in [0, 0.05) is 10.6 Å². The van der Waals surface area contributed by atoms with E-state index in [0.29, 0.717) is 26.2 Å². The van der Waals surface area contributed by atoms with Crippen molar-refractivity contribution in [2.24, 2.45) is 0 Å². The van der Waals surface area contributed by atoms with Crippen molar-refractivity contribution in [2.75, 3.05) is 26.2 Å². The van der Waals surface area contributed by atoms with Crippen LogP contribution < -0.4 is 4.90 Å². The van der Waals surface area contributed by atoms with Crippen molar-refractivity contribution in [1.82, 2.24) is 4.31 Å². The fraction of sp³-hybridized carbons (Fsp3) is 0.294. The van der Waals surface area contributed by atoms with Crippen LogP contribution in [0.2, 0.25) is 5.02 Å². The number of piperazine rings is 1. The van der Waals surface area contributed by atoms with Gasteiger partial charge in [0.05, 0.1) is 31.1 Å². The number of hydrogen-bond acceptors (Lipinski definition) is 2. The maximum atomic E-state index is 13.0. The van der Waals surface area contributed by atoms with E-state index < -0.39 is 15.8 Å². The molecular formula is C17H19ClFN2O2S+. The second-order valence-corrected chi connectivity index (χ2v) is 8.22. The minimum absolute atomic E-state index is 0.137. The van der Waals surface area contributed by atoms with Gasteiger partial charge in [-0.1, -0.05) is 29.8 Å². The van der Waals surface area contributed by atoms with Crippen LogP contribution in [0.3, 0.4) is 0 Å². The molecule has 1 saturated heterocycles. The zero-order valence-corrected chi connectivity index (χ0v) is 14.7. The second-order valence-electron chi connectivity index (χ2n) is 5.88. The van der Waals surface area contributed by atoms with Crippen LogP contribution in [-0.2, 0) is 16.6 Å². The van der Waals surface area contributed by atoms with E-state index >= 15 is 0 Å². The van der Waals surface area contributed by atoms with Crippen LogP contribution in [0.4, 0.5) is 4.39 Å². The van der Waals surface area contributed by atoms with Gasteiger partial charge in [-0.05, 0) is 30.3 Å². The van der Waals surface area contributed by atoms with E-state index in [4.69, 9.17) is 11.6 Å². The summed E-state index contributed by atoms with van der Waals surface area (Å²) in [5.41, 5.74) is 1.07. The first-order chi connectivity index (χ1) is 11.5. The average molecular weight is 370 g/mol. The highest BCUT2D eigenvalue weighted by atomic mass is 35.5. The monoisotopic (exact) mass is 369 g/mol. The van der Waals surface area contributed by atoms with Crippen LogP contribution in [0.5, 0.6) is 0 Å². The quantitative estimate of drug-likeness (QED) is 0.888. The van der Waals surface area contributed by atoms with Crippen LogP contribution in [0.1, 0.15) is 5.56 Å². The van der Waals surface area contributed by atoms with E-state index in [0.717, 1.165) is 17.1 Å². The van der Waals surface area contributed by atoms with E-state index in [1.807, 2.05) is 24.3 Å². The molecule has 1 fully saturated rings. The van der Waals surface area contributed by atoms with Crippen LogP contribution in [0.15, 0.2) is 53.4 Å². The Labute approximate surface area is 146 Å².